The van der Waals surface area contributed by atoms with Crippen molar-refractivity contribution in [1.29, 1.82) is 0 Å². The molecule has 0 atom stereocenters. The van der Waals surface area contributed by atoms with Crippen LogP contribution in [0.15, 0.2) is 46.9 Å². The van der Waals surface area contributed by atoms with E-state index in [1.165, 1.54) is 6.07 Å². The third-order valence-corrected chi connectivity index (χ3v) is 2.45. The SMILES string of the molecule is O=C(O)c1cccc(Oc2cccc(Br)c2)n1. The van der Waals surface area contributed by atoms with Gasteiger partial charge in [0.15, 0.2) is 5.69 Å². The van der Waals surface area contributed by atoms with E-state index in [-0.39, 0.29) is 11.6 Å². The Morgan fingerprint density at radius 3 is 2.71 bits per heavy atom. The molecule has 0 fully saturated rings. The number of rotatable bonds is 3. The first-order valence-electron chi connectivity index (χ1n) is 4.79. The summed E-state index contributed by atoms with van der Waals surface area (Å²) in [5.41, 5.74) is -0.0440. The third-order valence-electron chi connectivity index (χ3n) is 1.96. The van der Waals surface area contributed by atoms with Crippen LogP contribution in [0.2, 0.25) is 0 Å². The lowest BCUT2D eigenvalue weighted by Crippen LogP contribution is -2.00. The zero-order valence-corrected chi connectivity index (χ0v) is 10.2. The Morgan fingerprint density at radius 1 is 1.24 bits per heavy atom. The predicted octanol–water partition coefficient (Wildman–Crippen LogP) is 3.33. The molecule has 2 rings (SSSR count). The quantitative estimate of drug-likeness (QED) is 0.943. The van der Waals surface area contributed by atoms with Gasteiger partial charge in [-0.1, -0.05) is 28.1 Å². The fraction of sp³-hybridized carbons (Fsp3) is 0. The van der Waals surface area contributed by atoms with Crippen LogP contribution in [-0.4, -0.2) is 16.1 Å². The summed E-state index contributed by atoms with van der Waals surface area (Å²) < 4.78 is 6.32. The number of nitrogens with zero attached hydrogens (tertiary/aromatic N) is 1. The van der Waals surface area contributed by atoms with E-state index in [0.29, 0.717) is 5.75 Å². The van der Waals surface area contributed by atoms with Gasteiger partial charge in [0.25, 0.3) is 0 Å². The number of carboxylic acid groups (broad SMARTS) is 1. The Balaban J connectivity index is 2.24. The highest BCUT2D eigenvalue weighted by atomic mass is 79.9. The molecule has 0 aliphatic rings. The molecule has 0 bridgehead atoms. The molecule has 0 saturated carbocycles. The lowest BCUT2D eigenvalue weighted by molar-refractivity contribution is 0.0689. The van der Waals surface area contributed by atoms with Crippen LogP contribution < -0.4 is 4.74 Å². The Hall–Kier alpha value is -1.88. The molecule has 17 heavy (non-hydrogen) atoms. The molecule has 0 aliphatic heterocycles. The molecule has 5 heteroatoms. The number of carboxylic acids is 1. The van der Waals surface area contributed by atoms with Gasteiger partial charge >= 0.3 is 5.97 Å². The number of hydrogen-bond donors (Lipinski definition) is 1. The number of aromatic carboxylic acids is 1. The average molecular weight is 294 g/mol. The molecule has 0 radical (unpaired) electrons. The molecule has 4 nitrogen and oxygen atoms in total. The van der Waals surface area contributed by atoms with Gasteiger partial charge in [0, 0.05) is 10.5 Å². The molecular weight excluding hydrogens is 286 g/mol. The topological polar surface area (TPSA) is 59.4 Å². The van der Waals surface area contributed by atoms with Crippen molar-refractivity contribution in [1.82, 2.24) is 4.98 Å². The third kappa shape index (κ3) is 3.04. The van der Waals surface area contributed by atoms with Gasteiger partial charge in [0.1, 0.15) is 5.75 Å². The molecule has 0 spiro atoms. The zero-order chi connectivity index (χ0) is 12.3. The van der Waals surface area contributed by atoms with Crippen LogP contribution in [0.4, 0.5) is 0 Å². The van der Waals surface area contributed by atoms with Crippen LogP contribution >= 0.6 is 15.9 Å². The number of hydrogen-bond acceptors (Lipinski definition) is 3. The van der Waals surface area contributed by atoms with Gasteiger partial charge in [-0.15, -0.1) is 0 Å². The minimum absolute atomic E-state index is 0.0440. The van der Waals surface area contributed by atoms with Crippen molar-refractivity contribution in [3.63, 3.8) is 0 Å². The maximum atomic E-state index is 10.7. The highest BCUT2D eigenvalue weighted by Gasteiger charge is 2.06. The molecule has 0 amide bonds. The minimum atomic E-state index is -1.08. The van der Waals surface area contributed by atoms with E-state index < -0.39 is 5.97 Å². The zero-order valence-electron chi connectivity index (χ0n) is 8.63. The molecule has 0 aliphatic carbocycles. The summed E-state index contributed by atoms with van der Waals surface area (Å²) in [4.78, 5) is 14.6. The largest absolute Gasteiger partial charge is 0.477 e. The maximum absolute atomic E-state index is 10.7. The summed E-state index contributed by atoms with van der Waals surface area (Å²) in [5.74, 6) is -0.234. The van der Waals surface area contributed by atoms with Gasteiger partial charge in [-0.3, -0.25) is 0 Å². The first kappa shape index (κ1) is 11.6. The van der Waals surface area contributed by atoms with E-state index in [2.05, 4.69) is 20.9 Å². The van der Waals surface area contributed by atoms with Gasteiger partial charge < -0.3 is 9.84 Å². The second kappa shape index (κ2) is 4.97. The predicted molar refractivity (Wildman–Crippen MR) is 65.4 cm³/mol. The molecule has 1 aromatic heterocycles. The monoisotopic (exact) mass is 293 g/mol. The highest BCUT2D eigenvalue weighted by molar-refractivity contribution is 9.10. The average Bonchev–Trinajstić information content (AvgIpc) is 2.29. The van der Waals surface area contributed by atoms with Gasteiger partial charge in [0.2, 0.25) is 5.88 Å². The van der Waals surface area contributed by atoms with Crippen LogP contribution in [0.1, 0.15) is 10.5 Å². The van der Waals surface area contributed by atoms with E-state index in [1.807, 2.05) is 12.1 Å². The van der Waals surface area contributed by atoms with Gasteiger partial charge in [0.05, 0.1) is 0 Å². The maximum Gasteiger partial charge on any atom is 0.354 e. The van der Waals surface area contributed by atoms with E-state index in [0.717, 1.165) is 4.47 Å². The Bertz CT molecular complexity index is 557. The second-order valence-corrected chi connectivity index (χ2v) is 4.14. The first-order valence-corrected chi connectivity index (χ1v) is 5.58. The number of aromatic nitrogens is 1. The Kier molecular flexibility index (Phi) is 3.39. The summed E-state index contributed by atoms with van der Waals surface area (Å²) in [6.45, 7) is 0. The summed E-state index contributed by atoms with van der Waals surface area (Å²) in [5, 5.41) is 8.79. The number of ether oxygens (including phenoxy) is 1. The van der Waals surface area contributed by atoms with Crippen LogP contribution in [-0.2, 0) is 0 Å². The molecule has 0 saturated heterocycles. The summed E-state index contributed by atoms with van der Waals surface area (Å²) >= 11 is 3.32. The Morgan fingerprint density at radius 2 is 2.00 bits per heavy atom. The van der Waals surface area contributed by atoms with Crippen molar-refractivity contribution >= 4 is 21.9 Å². The number of benzene rings is 1. The Labute approximate surface area is 106 Å². The molecule has 0 unspecified atom stereocenters. The number of carbonyl (C=O) groups is 1. The standard InChI is InChI=1S/C12H8BrNO3/c13-8-3-1-4-9(7-8)17-11-6-2-5-10(14-11)12(15)16/h1-7H,(H,15,16). The van der Waals surface area contributed by atoms with Crippen molar-refractivity contribution in [3.05, 3.63) is 52.6 Å². The van der Waals surface area contributed by atoms with Crippen LogP contribution in [0.3, 0.4) is 0 Å². The van der Waals surface area contributed by atoms with Crippen molar-refractivity contribution in [2.45, 2.75) is 0 Å². The van der Waals surface area contributed by atoms with Crippen LogP contribution in [0.25, 0.3) is 0 Å². The number of pyridine rings is 1. The van der Waals surface area contributed by atoms with Gasteiger partial charge in [-0.05, 0) is 24.3 Å². The van der Waals surface area contributed by atoms with Crippen molar-refractivity contribution in [2.24, 2.45) is 0 Å². The summed E-state index contributed by atoms with van der Waals surface area (Å²) in [6, 6.07) is 11.8. The van der Waals surface area contributed by atoms with E-state index in [1.54, 1.807) is 24.3 Å². The first-order chi connectivity index (χ1) is 8.15. The fourth-order valence-electron chi connectivity index (χ4n) is 1.24. The smallest absolute Gasteiger partial charge is 0.354 e. The lowest BCUT2D eigenvalue weighted by Gasteiger charge is -2.05. The van der Waals surface area contributed by atoms with Crippen molar-refractivity contribution < 1.29 is 14.6 Å². The van der Waals surface area contributed by atoms with Crippen LogP contribution in [0, 0.1) is 0 Å². The van der Waals surface area contributed by atoms with Gasteiger partial charge in [-0.25, -0.2) is 9.78 Å². The fourth-order valence-corrected chi connectivity index (χ4v) is 1.62. The van der Waals surface area contributed by atoms with Crippen molar-refractivity contribution in [2.75, 3.05) is 0 Å². The summed E-state index contributed by atoms with van der Waals surface area (Å²) in [7, 11) is 0. The number of halogens is 1. The lowest BCUT2D eigenvalue weighted by atomic mass is 10.3. The molecule has 1 N–H and O–H groups in total. The molecule has 1 heterocycles. The van der Waals surface area contributed by atoms with E-state index in [4.69, 9.17) is 9.84 Å². The molecular formula is C12H8BrNO3. The van der Waals surface area contributed by atoms with Crippen molar-refractivity contribution in [3.8, 4) is 11.6 Å². The minimum Gasteiger partial charge on any atom is -0.477 e. The van der Waals surface area contributed by atoms with Crippen LogP contribution in [0.5, 0.6) is 11.6 Å². The van der Waals surface area contributed by atoms with E-state index >= 15 is 0 Å². The normalized spacial score (nSPS) is 9.94. The highest BCUT2D eigenvalue weighted by Crippen LogP contribution is 2.22. The molecule has 2 aromatic rings. The van der Waals surface area contributed by atoms with Gasteiger partial charge in [-0.2, -0.15) is 0 Å². The van der Waals surface area contributed by atoms with E-state index in [9.17, 15) is 4.79 Å². The second-order valence-electron chi connectivity index (χ2n) is 3.23. The molecule has 86 valence electrons. The molecule has 1 aromatic carbocycles. The summed E-state index contributed by atoms with van der Waals surface area (Å²) in [6.07, 6.45) is 0.